The Morgan fingerprint density at radius 1 is 1.00 bits per heavy atom. The van der Waals surface area contributed by atoms with Gasteiger partial charge < -0.3 is 4.57 Å². The highest BCUT2D eigenvalue weighted by Crippen LogP contribution is 2.40. The van der Waals surface area contributed by atoms with Gasteiger partial charge in [-0.25, -0.2) is 8.42 Å². The molecule has 1 N–H and O–H groups in total. The molecule has 0 aliphatic carbocycles. The minimum absolute atomic E-state index is 0.566. The number of aromatic nitrogens is 1. The smallest absolute Gasteiger partial charge is 0.229 e. The van der Waals surface area contributed by atoms with Gasteiger partial charge in [-0.3, -0.25) is 4.72 Å². The van der Waals surface area contributed by atoms with E-state index in [0.717, 1.165) is 47.4 Å². The molecule has 0 unspecified atom stereocenters. The van der Waals surface area contributed by atoms with Gasteiger partial charge >= 0.3 is 0 Å². The highest BCUT2D eigenvalue weighted by atomic mass is 35.5. The van der Waals surface area contributed by atoms with Crippen molar-refractivity contribution in [1.82, 2.24) is 4.57 Å². The summed E-state index contributed by atoms with van der Waals surface area (Å²) >= 11 is 6.06. The fraction of sp³-hybridized carbons (Fsp3) is 0.200. The van der Waals surface area contributed by atoms with Crippen LogP contribution in [0.15, 0.2) is 54.7 Å². The lowest BCUT2D eigenvalue weighted by Crippen LogP contribution is -2.09. The predicted molar refractivity (Wildman–Crippen MR) is 107 cm³/mol. The second-order valence-electron chi connectivity index (χ2n) is 6.62. The molecule has 0 saturated heterocycles. The van der Waals surface area contributed by atoms with Crippen molar-refractivity contribution in [2.45, 2.75) is 19.4 Å². The van der Waals surface area contributed by atoms with Crippen LogP contribution in [-0.2, 0) is 23.0 Å². The maximum absolute atomic E-state index is 11.4. The molecule has 1 aliphatic rings. The molecule has 0 atom stereocenters. The van der Waals surface area contributed by atoms with Gasteiger partial charge in [-0.15, -0.1) is 0 Å². The van der Waals surface area contributed by atoms with Crippen molar-refractivity contribution in [3.8, 4) is 22.3 Å². The number of rotatable bonds is 4. The number of hydrogen-bond donors (Lipinski definition) is 1. The minimum atomic E-state index is -3.27. The summed E-state index contributed by atoms with van der Waals surface area (Å²) in [6, 6.07) is 15.4. The molecule has 3 aromatic rings. The molecular weight excluding hydrogens is 368 g/mol. The van der Waals surface area contributed by atoms with Crippen molar-refractivity contribution in [3.63, 3.8) is 0 Å². The lowest BCUT2D eigenvalue weighted by atomic mass is 9.95. The fourth-order valence-corrected chi connectivity index (χ4v) is 4.26. The average molecular weight is 387 g/mol. The number of nitrogens with one attached hydrogen (secondary N) is 1. The normalized spacial score (nSPS) is 13.6. The molecule has 0 amide bonds. The third-order valence-corrected chi connectivity index (χ3v) is 5.49. The Balaban J connectivity index is 1.78. The van der Waals surface area contributed by atoms with Gasteiger partial charge in [-0.1, -0.05) is 35.9 Å². The van der Waals surface area contributed by atoms with Gasteiger partial charge in [0.15, 0.2) is 0 Å². The molecule has 0 radical (unpaired) electrons. The number of nitrogens with zero attached hydrogens (tertiary/aromatic N) is 1. The van der Waals surface area contributed by atoms with Crippen molar-refractivity contribution < 1.29 is 8.42 Å². The lowest BCUT2D eigenvalue weighted by Gasteiger charge is -2.09. The van der Waals surface area contributed by atoms with Crippen LogP contribution in [0.2, 0.25) is 5.02 Å². The first-order valence-electron chi connectivity index (χ1n) is 8.47. The zero-order chi connectivity index (χ0) is 18.3. The monoisotopic (exact) mass is 386 g/mol. The van der Waals surface area contributed by atoms with Crippen molar-refractivity contribution in [3.05, 3.63) is 65.4 Å². The van der Waals surface area contributed by atoms with Gasteiger partial charge in [0.1, 0.15) is 0 Å². The molecule has 6 heteroatoms. The number of halogens is 1. The standard InChI is InChI=1S/C20H19ClN2O2S/c1-26(24,25)22-17-10-6-14(7-11-17)18-13-23-12-2-3-19(23)20(18)15-4-8-16(21)9-5-15/h4-11,13,22H,2-3,12H2,1H3. The van der Waals surface area contributed by atoms with Crippen LogP contribution in [0.25, 0.3) is 22.3 Å². The van der Waals surface area contributed by atoms with Crippen LogP contribution in [0.3, 0.4) is 0 Å². The summed E-state index contributed by atoms with van der Waals surface area (Å²) < 4.78 is 27.6. The molecule has 134 valence electrons. The predicted octanol–water partition coefficient (Wildman–Crippen LogP) is 4.79. The van der Waals surface area contributed by atoms with E-state index in [-0.39, 0.29) is 0 Å². The van der Waals surface area contributed by atoms with Crippen LogP contribution in [0.5, 0.6) is 0 Å². The van der Waals surface area contributed by atoms with Gasteiger partial charge in [0.05, 0.1) is 6.26 Å². The van der Waals surface area contributed by atoms with E-state index in [9.17, 15) is 8.42 Å². The third kappa shape index (κ3) is 3.37. The molecule has 2 heterocycles. The average Bonchev–Trinajstić information content (AvgIpc) is 3.16. The van der Waals surface area contributed by atoms with Gasteiger partial charge in [0.25, 0.3) is 0 Å². The molecular formula is C20H19ClN2O2S. The van der Waals surface area contributed by atoms with Crippen LogP contribution in [0.4, 0.5) is 5.69 Å². The molecule has 0 bridgehead atoms. The molecule has 0 spiro atoms. The van der Waals surface area contributed by atoms with E-state index in [0.29, 0.717) is 5.69 Å². The Labute approximate surface area is 158 Å². The Hall–Kier alpha value is -2.24. The van der Waals surface area contributed by atoms with Crippen LogP contribution < -0.4 is 4.72 Å². The molecule has 26 heavy (non-hydrogen) atoms. The summed E-state index contributed by atoms with van der Waals surface area (Å²) in [4.78, 5) is 0. The van der Waals surface area contributed by atoms with Gasteiger partial charge in [0, 0.05) is 40.3 Å². The molecule has 0 fully saturated rings. The first-order chi connectivity index (χ1) is 12.4. The first kappa shape index (κ1) is 17.2. The van der Waals surface area contributed by atoms with Gasteiger partial charge in [-0.2, -0.15) is 0 Å². The first-order valence-corrected chi connectivity index (χ1v) is 10.7. The van der Waals surface area contributed by atoms with Gasteiger partial charge in [0.2, 0.25) is 10.0 Å². The fourth-order valence-electron chi connectivity index (χ4n) is 3.57. The number of aryl methyl sites for hydroxylation is 1. The van der Waals surface area contributed by atoms with E-state index in [4.69, 9.17) is 11.6 Å². The minimum Gasteiger partial charge on any atom is -0.350 e. The van der Waals surface area contributed by atoms with Crippen LogP contribution in [0.1, 0.15) is 12.1 Å². The van der Waals surface area contributed by atoms with Crippen LogP contribution in [0, 0.1) is 0 Å². The van der Waals surface area contributed by atoms with E-state index in [1.807, 2.05) is 24.3 Å². The van der Waals surface area contributed by atoms with Crippen molar-refractivity contribution >= 4 is 27.3 Å². The van der Waals surface area contributed by atoms with Crippen molar-refractivity contribution in [1.29, 1.82) is 0 Å². The van der Waals surface area contributed by atoms with E-state index >= 15 is 0 Å². The lowest BCUT2D eigenvalue weighted by molar-refractivity contribution is 0.607. The van der Waals surface area contributed by atoms with E-state index in [1.165, 1.54) is 11.3 Å². The summed E-state index contributed by atoms with van der Waals surface area (Å²) in [7, 11) is -3.27. The van der Waals surface area contributed by atoms with E-state index in [2.05, 4.69) is 27.6 Å². The summed E-state index contributed by atoms with van der Waals surface area (Å²) in [6.07, 6.45) is 5.57. The van der Waals surface area contributed by atoms with Crippen molar-refractivity contribution in [2.75, 3.05) is 11.0 Å². The van der Waals surface area contributed by atoms with Crippen LogP contribution in [-0.4, -0.2) is 19.2 Å². The highest BCUT2D eigenvalue weighted by molar-refractivity contribution is 7.92. The Morgan fingerprint density at radius 3 is 2.31 bits per heavy atom. The quantitative estimate of drug-likeness (QED) is 0.700. The molecule has 1 aliphatic heterocycles. The van der Waals surface area contributed by atoms with E-state index < -0.39 is 10.0 Å². The van der Waals surface area contributed by atoms with E-state index in [1.54, 1.807) is 12.1 Å². The molecule has 4 rings (SSSR count). The summed E-state index contributed by atoms with van der Waals surface area (Å²) in [5, 5.41) is 0.724. The molecule has 2 aromatic carbocycles. The largest absolute Gasteiger partial charge is 0.350 e. The Bertz CT molecular complexity index is 1050. The zero-order valence-corrected chi connectivity index (χ0v) is 15.9. The number of anilines is 1. The zero-order valence-electron chi connectivity index (χ0n) is 14.4. The number of fused-ring (bicyclic) bond motifs is 1. The van der Waals surface area contributed by atoms with Crippen LogP contribution >= 0.6 is 11.6 Å². The summed E-state index contributed by atoms with van der Waals surface area (Å²) in [6.45, 7) is 1.03. The molecule has 0 saturated carbocycles. The molecule has 4 nitrogen and oxygen atoms in total. The highest BCUT2D eigenvalue weighted by Gasteiger charge is 2.21. The number of benzene rings is 2. The third-order valence-electron chi connectivity index (χ3n) is 4.63. The summed E-state index contributed by atoms with van der Waals surface area (Å²) in [5.74, 6) is 0. The Kier molecular flexibility index (Phi) is 4.29. The Morgan fingerprint density at radius 2 is 1.65 bits per heavy atom. The number of hydrogen-bond acceptors (Lipinski definition) is 2. The maximum Gasteiger partial charge on any atom is 0.229 e. The second-order valence-corrected chi connectivity index (χ2v) is 8.80. The molecule has 1 aromatic heterocycles. The maximum atomic E-state index is 11.4. The summed E-state index contributed by atoms with van der Waals surface area (Å²) in [5.41, 5.74) is 6.53. The van der Waals surface area contributed by atoms with Crippen molar-refractivity contribution in [2.24, 2.45) is 0 Å². The topological polar surface area (TPSA) is 51.1 Å². The number of sulfonamides is 1. The van der Waals surface area contributed by atoms with Gasteiger partial charge in [-0.05, 0) is 48.2 Å². The second kappa shape index (κ2) is 6.49. The SMILES string of the molecule is CS(=O)(=O)Nc1ccc(-c2cn3c(c2-c2ccc(Cl)cc2)CCC3)cc1.